The molecule has 0 saturated carbocycles. The van der Waals surface area contributed by atoms with Gasteiger partial charge in [-0.25, -0.2) is 0 Å². The van der Waals surface area contributed by atoms with Crippen molar-refractivity contribution in [2.75, 3.05) is 0 Å². The second-order valence-corrected chi connectivity index (χ2v) is 33.5. The molecule has 0 amide bonds. The Balaban J connectivity index is 1.14. The summed E-state index contributed by atoms with van der Waals surface area (Å²) in [5.41, 5.74) is 19.5. The van der Waals surface area contributed by atoms with Crippen molar-refractivity contribution in [1.82, 2.24) is 0 Å². The molecule has 11 aromatic carbocycles. The maximum absolute atomic E-state index is 11.1. The van der Waals surface area contributed by atoms with E-state index in [9.17, 15) is 21.0 Å². The highest BCUT2D eigenvalue weighted by Crippen LogP contribution is 2.65. The molecule has 4 aliphatic rings. The van der Waals surface area contributed by atoms with Gasteiger partial charge in [0.1, 0.15) is 35.4 Å². The zero-order valence-electron chi connectivity index (χ0n) is 69.0. The highest BCUT2D eigenvalue weighted by Gasteiger charge is 2.62. The van der Waals surface area contributed by atoms with Gasteiger partial charge in [-0.3, -0.25) is 0 Å². The Kier molecular flexibility index (Phi) is 25.2. The average molecular weight is 1510 g/mol. The molecule has 0 N–H and O–H groups in total. The summed E-state index contributed by atoms with van der Waals surface area (Å²) >= 11 is 0. The van der Waals surface area contributed by atoms with Crippen LogP contribution in [0.25, 0.3) is 33.4 Å². The van der Waals surface area contributed by atoms with E-state index in [-0.39, 0.29) is 11.1 Å². The van der Waals surface area contributed by atoms with E-state index in [1.54, 1.807) is 0 Å². The second-order valence-electron chi connectivity index (χ2n) is 33.5. The van der Waals surface area contributed by atoms with Crippen molar-refractivity contribution in [2.45, 2.75) is 229 Å². The third-order valence-corrected chi connectivity index (χ3v) is 26.6. The molecule has 4 aliphatic carbocycles. The Morgan fingerprint density at radius 3 is 0.655 bits per heavy atom. The highest BCUT2D eigenvalue weighted by molar-refractivity contribution is 6.15. The van der Waals surface area contributed by atoms with Crippen LogP contribution in [0.3, 0.4) is 0 Å². The Bertz CT molecular complexity index is 5300. The van der Waals surface area contributed by atoms with Crippen LogP contribution in [-0.2, 0) is 47.3 Å². The topological polar surface area (TPSA) is 95.2 Å². The summed E-state index contributed by atoms with van der Waals surface area (Å²) in [4.78, 5) is 0. The van der Waals surface area contributed by atoms with Gasteiger partial charge in [0, 0.05) is 10.4 Å². The van der Waals surface area contributed by atoms with Crippen LogP contribution >= 0.6 is 0 Å². The molecule has 4 nitrogen and oxygen atoms in total. The van der Waals surface area contributed by atoms with Gasteiger partial charge < -0.3 is 0 Å². The zero-order valence-corrected chi connectivity index (χ0v) is 69.0. The summed E-state index contributed by atoms with van der Waals surface area (Å²) in [5, 5.41) is 50.0. The summed E-state index contributed by atoms with van der Waals surface area (Å²) in [6, 6.07) is 112. The average Bonchev–Trinajstić information content (AvgIpc) is 1.47. The molecule has 0 aliphatic heterocycles. The van der Waals surface area contributed by atoms with Crippen molar-refractivity contribution in [3.63, 3.8) is 0 Å². The number of unbranched alkanes of at least 4 members (excludes halogenated alkanes) is 20. The molecule has 0 radical (unpaired) electrons. The van der Waals surface area contributed by atoms with Gasteiger partial charge in [0.05, 0.1) is 21.7 Å². The first-order chi connectivity index (χ1) is 57.2. The first kappa shape index (κ1) is 79.8. The number of fused-ring (bicyclic) bond motifs is 6. The molecule has 11 aromatic rings. The number of benzene rings is 11. The van der Waals surface area contributed by atoms with Gasteiger partial charge in [0.2, 0.25) is 0 Å². The molecule has 4 heteroatoms. The molecule has 0 spiro atoms. The van der Waals surface area contributed by atoms with Crippen LogP contribution in [0.15, 0.2) is 267 Å². The fraction of sp³-hybridized carbons (Fsp3) is 0.321. The summed E-state index contributed by atoms with van der Waals surface area (Å²) in [6.07, 6.45) is 33.2. The van der Waals surface area contributed by atoms with Crippen molar-refractivity contribution in [1.29, 1.82) is 21.0 Å². The molecule has 15 rings (SSSR count). The van der Waals surface area contributed by atoms with Crippen LogP contribution in [0.4, 0.5) is 0 Å². The highest BCUT2D eigenvalue weighted by atomic mass is 14.6. The summed E-state index contributed by atoms with van der Waals surface area (Å²) in [7, 11) is 0. The number of rotatable bonds is 36. The molecule has 0 unspecified atom stereocenters. The van der Waals surface area contributed by atoms with Crippen LogP contribution in [-0.4, -0.2) is 0 Å². The lowest BCUT2D eigenvalue weighted by atomic mass is 9.62. The van der Waals surface area contributed by atoms with E-state index in [1.807, 2.05) is 12.1 Å². The monoisotopic (exact) mass is 1510 g/mol. The Morgan fingerprint density at radius 1 is 0.216 bits per heavy atom. The first-order valence-electron chi connectivity index (χ1n) is 44.2. The number of hydrogen-bond donors (Lipinski definition) is 0. The van der Waals surface area contributed by atoms with E-state index in [2.05, 4.69) is 307 Å². The van der Waals surface area contributed by atoms with Crippen molar-refractivity contribution in [3.05, 3.63) is 387 Å². The second kappa shape index (κ2) is 36.6. The van der Waals surface area contributed by atoms with Gasteiger partial charge in [-0.2, -0.15) is 21.0 Å². The molecule has 0 saturated heterocycles. The molecule has 580 valence electrons. The van der Waals surface area contributed by atoms with Crippen LogP contribution in [0, 0.1) is 45.3 Å². The normalized spacial score (nSPS) is 14.5. The van der Waals surface area contributed by atoms with Crippen LogP contribution in [0.5, 0.6) is 0 Å². The molecule has 116 heavy (non-hydrogen) atoms. The van der Waals surface area contributed by atoms with E-state index in [0.717, 1.165) is 128 Å². The molecular weight excluding hydrogens is 1400 g/mol. The largest absolute Gasteiger partial charge is 0.192 e. The summed E-state index contributed by atoms with van der Waals surface area (Å²) in [6.45, 7) is 9.15. The number of aryl methyl sites for hydroxylation is 4. The standard InChI is InChI=1S/C112H112N4/c1-5-9-13-17-21-29-41-81-53-63-93(64-54-81)111(94-65-55-82(56-66-94)42-30-22-18-14-10-6-2)101-73-85(87(77-113)78-114)61-71-97(101)105-107(111)99-75-104-100(76-103(99)109(105,89-45-33-25-34-46-89)90-47-35-26-36-48-90)108-106(110(104,91-49-37-27-38-50-91)92-51-39-28-40-52-92)98-72-62-86(88(79-115)80-116)74-102(98)112(108,95-67-57-83(58-68-95)43-31-23-19-15-11-7-3)96-69-59-84(60-70-96)44-32-24-20-16-12-8-4/h25-28,33-40,45-76H,5-24,29-32,41-44H2,1-4H3. The van der Waals surface area contributed by atoms with E-state index in [0.29, 0.717) is 10.4 Å². The van der Waals surface area contributed by atoms with Gasteiger partial charge in [0.25, 0.3) is 0 Å². The van der Waals surface area contributed by atoms with E-state index in [4.69, 9.17) is 0 Å². The first-order valence-corrected chi connectivity index (χ1v) is 44.2. The SMILES string of the molecule is CCCCCCCCc1ccc(C2(c3ccc(CCCCCCCC)cc3)C3=c4cc5c(cc4C(c4ccccc4)(c4ccccc4)C3=c3ccc(=C(C#N)C#N)cc32)=C2C(=c3ccc(=C(C#N)C#N)cc3C2(c2ccc(CCCCCCCC)cc2)c2ccc(CCCCCCCC)cc2)C5(c2ccccc2)c2ccccc2)cc1. The van der Waals surface area contributed by atoms with Crippen LogP contribution < -0.4 is 31.3 Å². The summed E-state index contributed by atoms with van der Waals surface area (Å²) < 4.78 is 0. The van der Waals surface area contributed by atoms with Gasteiger partial charge in [-0.1, -0.05) is 399 Å². The van der Waals surface area contributed by atoms with Crippen molar-refractivity contribution < 1.29 is 0 Å². The fourth-order valence-corrected chi connectivity index (χ4v) is 21.0. The molecule has 0 heterocycles. The van der Waals surface area contributed by atoms with Crippen molar-refractivity contribution in [3.8, 4) is 24.3 Å². The van der Waals surface area contributed by atoms with Gasteiger partial charge in [0.15, 0.2) is 0 Å². The fourth-order valence-electron chi connectivity index (χ4n) is 21.0. The number of hydrogen-bond acceptors (Lipinski definition) is 4. The van der Waals surface area contributed by atoms with Gasteiger partial charge >= 0.3 is 0 Å². The maximum atomic E-state index is 11.1. The smallest absolute Gasteiger partial charge is 0.136 e. The zero-order chi connectivity index (χ0) is 79.9. The predicted molar refractivity (Wildman–Crippen MR) is 479 cm³/mol. The molecule has 0 fully saturated rings. The molecule has 0 aromatic heterocycles. The van der Waals surface area contributed by atoms with Crippen molar-refractivity contribution >= 4 is 33.4 Å². The minimum atomic E-state index is -1.05. The molecular formula is C112H112N4. The van der Waals surface area contributed by atoms with Gasteiger partial charge in [-0.05, 0) is 208 Å². The third kappa shape index (κ3) is 14.5. The molecule has 0 atom stereocenters. The Labute approximate surface area is 690 Å². The van der Waals surface area contributed by atoms with Crippen LogP contribution in [0.2, 0.25) is 0 Å². The minimum Gasteiger partial charge on any atom is -0.192 e. The quantitative estimate of drug-likeness (QED) is 0.0366. The predicted octanol–water partition coefficient (Wildman–Crippen LogP) is 23.1. The Morgan fingerprint density at radius 2 is 0.422 bits per heavy atom. The lowest BCUT2D eigenvalue weighted by Gasteiger charge is -2.38. The molecule has 0 bridgehead atoms. The lowest BCUT2D eigenvalue weighted by Crippen LogP contribution is -2.40. The van der Waals surface area contributed by atoms with E-state index < -0.39 is 21.7 Å². The summed E-state index contributed by atoms with van der Waals surface area (Å²) in [5.74, 6) is 0. The van der Waals surface area contributed by atoms with Gasteiger partial charge in [-0.15, -0.1) is 0 Å². The lowest BCUT2D eigenvalue weighted by molar-refractivity contribution is 0.607. The Hall–Kier alpha value is -11.4. The third-order valence-electron chi connectivity index (χ3n) is 26.6. The number of nitriles is 4. The number of nitrogens with zero attached hydrogens (tertiary/aromatic N) is 4. The van der Waals surface area contributed by atoms with E-state index in [1.165, 1.54) is 184 Å². The van der Waals surface area contributed by atoms with E-state index >= 15 is 0 Å². The minimum absolute atomic E-state index is 0.0779. The van der Waals surface area contributed by atoms with Crippen molar-refractivity contribution in [2.24, 2.45) is 0 Å². The van der Waals surface area contributed by atoms with Crippen LogP contribution in [0.1, 0.15) is 271 Å². The maximum Gasteiger partial charge on any atom is 0.136 e.